The van der Waals surface area contributed by atoms with E-state index >= 15 is 0 Å². The molecule has 0 spiro atoms. The molecule has 5 nitrogen and oxygen atoms in total. The van der Waals surface area contributed by atoms with E-state index in [4.69, 9.17) is 9.15 Å². The van der Waals surface area contributed by atoms with Gasteiger partial charge in [-0.25, -0.2) is 5.43 Å². The molecule has 0 unspecified atom stereocenters. The number of halogens is 1. The van der Waals surface area contributed by atoms with E-state index in [2.05, 4.69) is 26.5 Å². The molecule has 3 rings (SSSR count). The number of para-hydroxylation sites is 1. The van der Waals surface area contributed by atoms with E-state index in [0.29, 0.717) is 23.7 Å². The zero-order valence-corrected chi connectivity index (χ0v) is 15.7. The average Bonchev–Trinajstić information content (AvgIpc) is 3.06. The van der Waals surface area contributed by atoms with Crippen LogP contribution in [0, 0.1) is 6.92 Å². The maximum absolute atomic E-state index is 12.4. The molecule has 0 aliphatic carbocycles. The Bertz CT molecular complexity index is 917. The fraction of sp³-hybridized carbons (Fsp3) is 0.100. The fourth-order valence-corrected chi connectivity index (χ4v) is 2.52. The van der Waals surface area contributed by atoms with Gasteiger partial charge in [0, 0.05) is 4.47 Å². The van der Waals surface area contributed by atoms with Crippen molar-refractivity contribution in [1.29, 1.82) is 0 Å². The number of hydrogen-bond donors (Lipinski definition) is 1. The first-order chi connectivity index (χ1) is 12.6. The smallest absolute Gasteiger partial charge is 0.275 e. The van der Waals surface area contributed by atoms with Gasteiger partial charge in [0.2, 0.25) is 0 Å². The van der Waals surface area contributed by atoms with Crippen molar-refractivity contribution < 1.29 is 13.9 Å². The number of rotatable bonds is 6. The first kappa shape index (κ1) is 17.9. The van der Waals surface area contributed by atoms with E-state index in [9.17, 15) is 4.79 Å². The summed E-state index contributed by atoms with van der Waals surface area (Å²) < 4.78 is 12.2. The van der Waals surface area contributed by atoms with E-state index < -0.39 is 0 Å². The molecule has 0 saturated carbocycles. The number of hydrogen-bond acceptors (Lipinski definition) is 4. The maximum atomic E-state index is 12.4. The van der Waals surface area contributed by atoms with Crippen molar-refractivity contribution in [3.8, 4) is 5.75 Å². The maximum Gasteiger partial charge on any atom is 0.275 e. The molecule has 26 heavy (non-hydrogen) atoms. The second-order valence-corrected chi connectivity index (χ2v) is 6.47. The molecule has 1 aromatic heterocycles. The summed E-state index contributed by atoms with van der Waals surface area (Å²) in [4.78, 5) is 12.4. The zero-order valence-electron chi connectivity index (χ0n) is 14.1. The number of ether oxygens (including phenoxy) is 1. The first-order valence-electron chi connectivity index (χ1n) is 7.98. The average molecular weight is 413 g/mol. The second kappa shape index (κ2) is 8.49. The van der Waals surface area contributed by atoms with Gasteiger partial charge < -0.3 is 9.15 Å². The molecule has 1 N–H and O–H groups in total. The SMILES string of the molecule is Cc1ccc(/C=N/NC(=O)c2ccccc2OCc2ccc(Br)cc2)o1. The molecule has 6 heteroatoms. The molecule has 0 fully saturated rings. The highest BCUT2D eigenvalue weighted by Crippen LogP contribution is 2.20. The van der Waals surface area contributed by atoms with Gasteiger partial charge in [-0.2, -0.15) is 5.10 Å². The zero-order chi connectivity index (χ0) is 18.4. The summed E-state index contributed by atoms with van der Waals surface area (Å²) in [6, 6.07) is 18.5. The van der Waals surface area contributed by atoms with Crippen LogP contribution < -0.4 is 10.2 Å². The van der Waals surface area contributed by atoms with Gasteiger partial charge in [0.05, 0.1) is 11.8 Å². The lowest BCUT2D eigenvalue weighted by Crippen LogP contribution is -2.18. The second-order valence-electron chi connectivity index (χ2n) is 5.56. The molecule has 132 valence electrons. The van der Waals surface area contributed by atoms with Crippen LogP contribution in [0.4, 0.5) is 0 Å². The topological polar surface area (TPSA) is 63.8 Å². The number of nitrogens with one attached hydrogen (secondary N) is 1. The lowest BCUT2D eigenvalue weighted by molar-refractivity contribution is 0.0950. The summed E-state index contributed by atoms with van der Waals surface area (Å²) in [5, 5.41) is 3.92. The monoisotopic (exact) mass is 412 g/mol. The Kier molecular flexibility index (Phi) is 5.86. The number of nitrogens with zero attached hydrogens (tertiary/aromatic N) is 1. The van der Waals surface area contributed by atoms with E-state index in [1.165, 1.54) is 6.21 Å². The van der Waals surface area contributed by atoms with E-state index in [1.807, 2.05) is 43.3 Å². The van der Waals surface area contributed by atoms with Gasteiger partial charge in [0.25, 0.3) is 5.91 Å². The molecule has 0 bridgehead atoms. The number of furan rings is 1. The summed E-state index contributed by atoms with van der Waals surface area (Å²) in [6.45, 7) is 2.21. The van der Waals surface area contributed by atoms with Crippen molar-refractivity contribution in [1.82, 2.24) is 5.43 Å². The molecule has 0 aliphatic heterocycles. The van der Waals surface area contributed by atoms with Crippen molar-refractivity contribution >= 4 is 28.1 Å². The van der Waals surface area contributed by atoms with Crippen molar-refractivity contribution in [2.24, 2.45) is 5.10 Å². The fourth-order valence-electron chi connectivity index (χ4n) is 2.26. The summed E-state index contributed by atoms with van der Waals surface area (Å²) in [5.41, 5.74) is 3.91. The highest BCUT2D eigenvalue weighted by atomic mass is 79.9. The largest absolute Gasteiger partial charge is 0.488 e. The molecule has 0 saturated heterocycles. The number of aryl methyl sites for hydroxylation is 1. The van der Waals surface area contributed by atoms with Crippen molar-refractivity contribution in [2.45, 2.75) is 13.5 Å². The molecule has 0 radical (unpaired) electrons. The molecular weight excluding hydrogens is 396 g/mol. The molecular formula is C20H17BrN2O3. The normalized spacial score (nSPS) is 10.8. The molecule has 1 heterocycles. The summed E-state index contributed by atoms with van der Waals surface area (Å²) in [6.07, 6.45) is 1.45. The highest BCUT2D eigenvalue weighted by molar-refractivity contribution is 9.10. The third kappa shape index (κ3) is 4.83. The number of amides is 1. The van der Waals surface area contributed by atoms with Crippen LogP contribution in [0.25, 0.3) is 0 Å². The number of hydrazone groups is 1. The van der Waals surface area contributed by atoms with Gasteiger partial charge in [-0.1, -0.05) is 40.2 Å². The highest BCUT2D eigenvalue weighted by Gasteiger charge is 2.11. The van der Waals surface area contributed by atoms with Gasteiger partial charge in [-0.05, 0) is 48.9 Å². The Morgan fingerprint density at radius 2 is 1.92 bits per heavy atom. The van der Waals surface area contributed by atoms with Crippen LogP contribution in [0.3, 0.4) is 0 Å². The van der Waals surface area contributed by atoms with Gasteiger partial charge in [0.1, 0.15) is 23.9 Å². The van der Waals surface area contributed by atoms with Crippen molar-refractivity contribution in [2.75, 3.05) is 0 Å². The lowest BCUT2D eigenvalue weighted by atomic mass is 10.2. The van der Waals surface area contributed by atoms with E-state index in [-0.39, 0.29) is 5.91 Å². The summed E-state index contributed by atoms with van der Waals surface area (Å²) >= 11 is 3.40. The molecule has 0 atom stereocenters. The van der Waals surface area contributed by atoms with Crippen molar-refractivity contribution in [3.63, 3.8) is 0 Å². The molecule has 2 aromatic carbocycles. The number of carbonyl (C=O) groups is 1. The minimum absolute atomic E-state index is 0.351. The van der Waals surface area contributed by atoms with Crippen LogP contribution in [0.1, 0.15) is 27.4 Å². The van der Waals surface area contributed by atoms with Gasteiger partial charge >= 0.3 is 0 Å². The Hall–Kier alpha value is -2.86. The van der Waals surface area contributed by atoms with E-state index in [1.54, 1.807) is 24.3 Å². The van der Waals surface area contributed by atoms with Gasteiger partial charge in [-0.15, -0.1) is 0 Å². The first-order valence-corrected chi connectivity index (χ1v) is 8.77. The predicted molar refractivity (Wildman–Crippen MR) is 103 cm³/mol. The number of carbonyl (C=O) groups excluding carboxylic acids is 1. The van der Waals surface area contributed by atoms with Crippen LogP contribution in [-0.4, -0.2) is 12.1 Å². The molecule has 1 amide bonds. The third-order valence-corrected chi connectivity index (χ3v) is 4.09. The van der Waals surface area contributed by atoms with Crippen LogP contribution >= 0.6 is 15.9 Å². The lowest BCUT2D eigenvalue weighted by Gasteiger charge is -2.10. The standard InChI is InChI=1S/C20H17BrN2O3/c1-14-6-11-17(26-14)12-22-23-20(24)18-4-2-3-5-19(18)25-13-15-7-9-16(21)10-8-15/h2-12H,13H2,1H3,(H,23,24)/b22-12+. The predicted octanol–water partition coefficient (Wildman–Crippen LogP) is 4.69. The minimum atomic E-state index is -0.351. The Labute approximate surface area is 159 Å². The summed E-state index contributed by atoms with van der Waals surface area (Å²) in [5.74, 6) is 1.50. The van der Waals surface area contributed by atoms with Crippen molar-refractivity contribution in [3.05, 3.63) is 87.8 Å². The van der Waals surface area contributed by atoms with Gasteiger partial charge in [-0.3, -0.25) is 4.79 Å². The third-order valence-electron chi connectivity index (χ3n) is 3.56. The summed E-state index contributed by atoms with van der Waals surface area (Å²) in [7, 11) is 0. The van der Waals surface area contributed by atoms with Gasteiger partial charge in [0.15, 0.2) is 0 Å². The molecule has 0 aliphatic rings. The Balaban J connectivity index is 1.64. The Morgan fingerprint density at radius 3 is 2.65 bits per heavy atom. The van der Waals surface area contributed by atoms with Crippen LogP contribution in [0.15, 0.2) is 74.7 Å². The Morgan fingerprint density at radius 1 is 1.15 bits per heavy atom. The van der Waals surface area contributed by atoms with E-state index in [0.717, 1.165) is 15.8 Å². The quantitative estimate of drug-likeness (QED) is 0.471. The number of benzene rings is 2. The van der Waals surface area contributed by atoms with Crippen LogP contribution in [0.5, 0.6) is 5.75 Å². The molecule has 3 aromatic rings. The van der Waals surface area contributed by atoms with Crippen LogP contribution in [-0.2, 0) is 6.61 Å². The minimum Gasteiger partial charge on any atom is -0.488 e. The van der Waals surface area contributed by atoms with Crippen LogP contribution in [0.2, 0.25) is 0 Å².